The molecule has 0 saturated heterocycles. The van der Waals surface area contributed by atoms with Crippen molar-refractivity contribution in [2.75, 3.05) is 41.8 Å². The third-order valence-electron chi connectivity index (χ3n) is 6.39. The number of benzene rings is 2. The maximum absolute atomic E-state index is 13.3. The number of esters is 2. The Bertz CT molecular complexity index is 1180. The molecule has 0 aromatic heterocycles. The minimum absolute atomic E-state index is 0.0238. The van der Waals surface area contributed by atoms with E-state index >= 15 is 0 Å². The van der Waals surface area contributed by atoms with Gasteiger partial charge in [0.2, 0.25) is 12.5 Å². The number of methoxy groups -OCH3 is 4. The molecule has 2 aliphatic rings. The molecule has 0 saturated carbocycles. The van der Waals surface area contributed by atoms with Gasteiger partial charge in [0.25, 0.3) is 0 Å². The topological polar surface area (TPSA) is 131 Å². The van der Waals surface area contributed by atoms with Crippen molar-refractivity contribution in [3.8, 4) is 28.7 Å². The summed E-state index contributed by atoms with van der Waals surface area (Å²) < 4.78 is 38.1. The summed E-state index contributed by atoms with van der Waals surface area (Å²) in [5.74, 6) is -1.50. The number of carbonyl (C=O) groups excluding carboxylic acids is 2. The molecular formula is C25H27NO10. The van der Waals surface area contributed by atoms with Gasteiger partial charge in [-0.3, -0.25) is 9.59 Å². The van der Waals surface area contributed by atoms with Gasteiger partial charge in [-0.1, -0.05) is 5.16 Å². The summed E-state index contributed by atoms with van der Waals surface area (Å²) >= 11 is 0. The minimum Gasteiger partial charge on any atom is -0.493 e. The number of hydrogen-bond acceptors (Lipinski definition) is 11. The molecule has 0 amide bonds. The average Bonchev–Trinajstić information content (AvgIpc) is 3.35. The molecule has 36 heavy (non-hydrogen) atoms. The van der Waals surface area contributed by atoms with E-state index in [0.717, 1.165) is 0 Å². The first-order valence-corrected chi connectivity index (χ1v) is 11.0. The quantitative estimate of drug-likeness (QED) is 0.343. The molecule has 2 aromatic carbocycles. The molecule has 11 nitrogen and oxygen atoms in total. The highest BCUT2D eigenvalue weighted by Crippen LogP contribution is 2.51. The van der Waals surface area contributed by atoms with Gasteiger partial charge in [-0.25, -0.2) is 0 Å². The molecule has 1 aliphatic heterocycles. The van der Waals surface area contributed by atoms with Crippen LogP contribution < -0.4 is 23.7 Å². The molecule has 1 aliphatic carbocycles. The molecule has 0 radical (unpaired) electrons. The van der Waals surface area contributed by atoms with E-state index in [2.05, 4.69) is 5.16 Å². The van der Waals surface area contributed by atoms with Crippen molar-refractivity contribution >= 4 is 17.7 Å². The van der Waals surface area contributed by atoms with Crippen LogP contribution in [-0.4, -0.2) is 64.7 Å². The van der Waals surface area contributed by atoms with E-state index in [4.69, 9.17) is 33.2 Å². The third kappa shape index (κ3) is 4.21. The van der Waals surface area contributed by atoms with Gasteiger partial charge in [0, 0.05) is 18.4 Å². The van der Waals surface area contributed by atoms with Crippen molar-refractivity contribution in [3.63, 3.8) is 0 Å². The molecule has 0 spiro atoms. The molecule has 2 aromatic rings. The van der Waals surface area contributed by atoms with Crippen molar-refractivity contribution < 1.29 is 48.0 Å². The predicted octanol–water partition coefficient (Wildman–Crippen LogP) is 2.73. The van der Waals surface area contributed by atoms with E-state index in [9.17, 15) is 14.8 Å². The lowest BCUT2D eigenvalue weighted by atomic mass is 9.65. The van der Waals surface area contributed by atoms with Crippen molar-refractivity contribution in [3.05, 3.63) is 41.0 Å². The maximum Gasteiger partial charge on any atom is 0.310 e. The summed E-state index contributed by atoms with van der Waals surface area (Å²) in [5, 5.41) is 13.6. The zero-order valence-corrected chi connectivity index (χ0v) is 20.5. The van der Waals surface area contributed by atoms with Gasteiger partial charge >= 0.3 is 11.9 Å². The predicted molar refractivity (Wildman–Crippen MR) is 124 cm³/mol. The van der Waals surface area contributed by atoms with Crippen molar-refractivity contribution in [1.82, 2.24) is 0 Å². The van der Waals surface area contributed by atoms with E-state index in [1.165, 1.54) is 35.4 Å². The van der Waals surface area contributed by atoms with Crippen LogP contribution in [0, 0.1) is 11.8 Å². The smallest absolute Gasteiger partial charge is 0.310 e. The normalized spacial score (nSPS) is 20.9. The molecule has 0 bridgehead atoms. The Hall–Kier alpha value is -4.15. The highest BCUT2D eigenvalue weighted by Gasteiger charge is 2.48. The number of fused-ring (bicyclic) bond motifs is 2. The molecule has 4 rings (SSSR count). The molecule has 3 atom stereocenters. The highest BCUT2D eigenvalue weighted by atomic mass is 16.7. The lowest BCUT2D eigenvalue weighted by Gasteiger charge is -2.38. The van der Waals surface area contributed by atoms with Gasteiger partial charge in [-0.15, -0.1) is 0 Å². The van der Waals surface area contributed by atoms with Gasteiger partial charge in [0.05, 0.1) is 46.0 Å². The van der Waals surface area contributed by atoms with Crippen LogP contribution in [0.15, 0.2) is 29.4 Å². The molecule has 0 unspecified atom stereocenters. The Kier molecular flexibility index (Phi) is 7.09. The Balaban J connectivity index is 2.02. The van der Waals surface area contributed by atoms with Gasteiger partial charge in [-0.2, -0.15) is 0 Å². The second kappa shape index (κ2) is 10.2. The fraction of sp³-hybridized carbons (Fsp3) is 0.400. The van der Waals surface area contributed by atoms with E-state index in [0.29, 0.717) is 45.4 Å². The van der Waals surface area contributed by atoms with Crippen LogP contribution in [0.5, 0.6) is 28.7 Å². The monoisotopic (exact) mass is 501 g/mol. The Morgan fingerprint density at radius 3 is 2.17 bits per heavy atom. The van der Waals surface area contributed by atoms with Gasteiger partial charge in [0.15, 0.2) is 23.0 Å². The largest absolute Gasteiger partial charge is 0.493 e. The van der Waals surface area contributed by atoms with Crippen LogP contribution in [0.1, 0.15) is 29.5 Å². The number of oxime groups is 1. The first-order valence-electron chi connectivity index (χ1n) is 11.0. The van der Waals surface area contributed by atoms with Crippen molar-refractivity contribution in [1.29, 1.82) is 0 Å². The summed E-state index contributed by atoms with van der Waals surface area (Å²) in [5.41, 5.74) is 1.92. The maximum atomic E-state index is 13.3. The van der Waals surface area contributed by atoms with Crippen LogP contribution in [0.3, 0.4) is 0 Å². The molecule has 192 valence electrons. The lowest BCUT2D eigenvalue weighted by molar-refractivity contribution is -0.151. The molecule has 0 fully saturated rings. The Morgan fingerprint density at radius 2 is 1.64 bits per heavy atom. The van der Waals surface area contributed by atoms with Gasteiger partial charge in [0.1, 0.15) is 6.61 Å². The van der Waals surface area contributed by atoms with Crippen molar-refractivity contribution in [2.45, 2.75) is 12.8 Å². The second-order valence-corrected chi connectivity index (χ2v) is 8.17. The van der Waals surface area contributed by atoms with Crippen LogP contribution in [-0.2, 0) is 19.1 Å². The van der Waals surface area contributed by atoms with E-state index in [1.807, 2.05) is 0 Å². The van der Waals surface area contributed by atoms with E-state index in [-0.39, 0.29) is 19.1 Å². The molecule has 1 N–H and O–H groups in total. The highest BCUT2D eigenvalue weighted by molar-refractivity contribution is 6.08. The summed E-state index contributed by atoms with van der Waals surface area (Å²) in [6.45, 7) is 1.06. The van der Waals surface area contributed by atoms with Gasteiger partial charge in [-0.05, 0) is 35.4 Å². The first kappa shape index (κ1) is 25.0. The summed E-state index contributed by atoms with van der Waals surface area (Å²) in [7, 11) is 5.74. The molecular weight excluding hydrogens is 474 g/mol. The minimum atomic E-state index is -0.948. The number of nitrogens with zero attached hydrogens (tertiary/aromatic N) is 1. The summed E-state index contributed by atoms with van der Waals surface area (Å²) in [4.78, 5) is 25.0. The average molecular weight is 501 g/mol. The molecule has 1 heterocycles. The number of hydrogen-bond donors (Lipinski definition) is 1. The first-order chi connectivity index (χ1) is 17.4. The summed E-state index contributed by atoms with van der Waals surface area (Å²) in [6.07, 6.45) is 0. The van der Waals surface area contributed by atoms with Crippen LogP contribution in [0.2, 0.25) is 0 Å². The Labute approximate surface area is 207 Å². The van der Waals surface area contributed by atoms with E-state index in [1.54, 1.807) is 24.3 Å². The fourth-order valence-electron chi connectivity index (χ4n) is 4.85. The second-order valence-electron chi connectivity index (χ2n) is 8.17. The van der Waals surface area contributed by atoms with E-state index < -0.39 is 29.7 Å². The third-order valence-corrected chi connectivity index (χ3v) is 6.39. The standard InChI is InChI=1S/C25H27NO10/c1-12(27)34-10-16-22(25(28)33-5)21(13-6-19(30-2)24(32-4)20(7-13)31-3)14-8-17-18(36-11-35-17)9-15(14)23(16)26-29/h6-9,16,21-22,29H,10-11H2,1-5H3/t16-,21+,22+/m0/s1. The van der Waals surface area contributed by atoms with Crippen LogP contribution in [0.4, 0.5) is 0 Å². The zero-order chi connectivity index (χ0) is 26.0. The SMILES string of the molecule is COC(=O)[C@H]1[C@H](c2cc(OC)c(OC)c(OC)c2)c2cc3c(cc2C(=NO)[C@H]1COC(C)=O)OCO3. The lowest BCUT2D eigenvalue weighted by Crippen LogP contribution is -2.43. The van der Waals surface area contributed by atoms with Gasteiger partial charge < -0.3 is 38.4 Å². The number of carbonyl (C=O) groups is 2. The number of rotatable bonds is 7. The molecule has 11 heteroatoms. The van der Waals surface area contributed by atoms with Crippen LogP contribution in [0.25, 0.3) is 0 Å². The number of ether oxygens (including phenoxy) is 7. The fourth-order valence-corrected chi connectivity index (χ4v) is 4.85. The van der Waals surface area contributed by atoms with Crippen LogP contribution >= 0.6 is 0 Å². The Morgan fingerprint density at radius 1 is 1.00 bits per heavy atom. The zero-order valence-electron chi connectivity index (χ0n) is 20.5. The summed E-state index contributed by atoms with van der Waals surface area (Å²) in [6, 6.07) is 6.90. The van der Waals surface area contributed by atoms with Crippen molar-refractivity contribution in [2.24, 2.45) is 17.0 Å².